The van der Waals surface area contributed by atoms with Crippen molar-refractivity contribution in [1.29, 1.82) is 0 Å². The molecule has 3 aliphatic rings. The van der Waals surface area contributed by atoms with Crippen molar-refractivity contribution >= 4 is 49.5 Å². The molecule has 2 atom stereocenters. The van der Waals surface area contributed by atoms with Gasteiger partial charge in [-0.3, -0.25) is 9.48 Å². The molecule has 5 rings (SSSR count). The molecule has 0 bridgehead atoms. The molecule has 2 fully saturated rings. The minimum atomic E-state index is -4.24. The molecule has 17 heteroatoms. The van der Waals surface area contributed by atoms with Gasteiger partial charge in [-0.15, -0.1) is 16.4 Å². The largest absolute Gasteiger partial charge is 0.415 e. The smallest absolute Gasteiger partial charge is 0.388 e. The number of anilines is 1. The number of sulfonamides is 1. The maximum atomic E-state index is 13.5. The molecule has 0 spiro atoms. The normalized spacial score (nSPS) is 25.5. The predicted molar refractivity (Wildman–Crippen MR) is 135 cm³/mol. The van der Waals surface area contributed by atoms with Crippen LogP contribution in [-0.4, -0.2) is 59.9 Å². The number of amides is 1. The summed E-state index contributed by atoms with van der Waals surface area (Å²) in [5.41, 5.74) is 0.704. The van der Waals surface area contributed by atoms with Crippen LogP contribution in [-0.2, 0) is 34.7 Å². The summed E-state index contributed by atoms with van der Waals surface area (Å²) < 4.78 is 100. The molecule has 0 saturated heterocycles. The summed E-state index contributed by atoms with van der Waals surface area (Å²) >= 11 is 6.44. The second-order valence-electron chi connectivity index (χ2n) is 9.84. The van der Waals surface area contributed by atoms with Crippen LogP contribution in [0.15, 0.2) is 11.0 Å². The third-order valence-electron chi connectivity index (χ3n) is 6.90. The van der Waals surface area contributed by atoms with Crippen molar-refractivity contribution in [2.75, 3.05) is 5.32 Å². The number of thiocarbonyl (C=S) groups is 1. The maximum absolute atomic E-state index is 13.5. The first-order chi connectivity index (χ1) is 18.2. The van der Waals surface area contributed by atoms with Gasteiger partial charge < -0.3 is 15.4 Å². The van der Waals surface area contributed by atoms with Crippen LogP contribution in [0.3, 0.4) is 0 Å². The lowest BCUT2D eigenvalue weighted by molar-refractivity contribution is -0.119. The molecule has 0 radical (unpaired) electrons. The highest BCUT2D eigenvalue weighted by atomic mass is 32.2. The Hall–Kier alpha value is -2.37. The SMILES string of the molecule is Cn1nc(OC(F)F)cc1C(=S)N[C@H]1CCc2sc(NC(=O)C3CC3(F)F)c(S(=O)(=O)N[C@H]3C[C@@H](F)C3)c2C1. The van der Waals surface area contributed by atoms with E-state index in [1.807, 2.05) is 0 Å². The van der Waals surface area contributed by atoms with Crippen molar-refractivity contribution in [3.05, 3.63) is 22.2 Å². The van der Waals surface area contributed by atoms with Gasteiger partial charge in [0.2, 0.25) is 21.8 Å². The molecule has 1 amide bonds. The first-order valence-corrected chi connectivity index (χ1v) is 14.7. The van der Waals surface area contributed by atoms with Crippen molar-refractivity contribution in [3.63, 3.8) is 0 Å². The number of nitrogens with zero attached hydrogens (tertiary/aromatic N) is 2. The Bertz CT molecular complexity index is 1410. The number of nitrogens with one attached hydrogen (secondary N) is 3. The fourth-order valence-corrected chi connectivity index (χ4v) is 8.32. The molecule has 214 valence electrons. The van der Waals surface area contributed by atoms with E-state index in [9.17, 15) is 35.2 Å². The molecule has 2 aromatic heterocycles. The van der Waals surface area contributed by atoms with Crippen LogP contribution < -0.4 is 20.1 Å². The van der Waals surface area contributed by atoms with E-state index in [1.165, 1.54) is 17.8 Å². The Labute approximate surface area is 229 Å². The van der Waals surface area contributed by atoms with E-state index >= 15 is 0 Å². The number of hydrogen-bond acceptors (Lipinski definition) is 7. The molecular weight excluding hydrogens is 589 g/mol. The molecule has 2 heterocycles. The second-order valence-corrected chi connectivity index (χ2v) is 13.0. The number of carbonyl (C=O) groups is 1. The molecule has 1 unspecified atom stereocenters. The molecule has 2 aromatic rings. The van der Waals surface area contributed by atoms with E-state index < -0.39 is 53.0 Å². The van der Waals surface area contributed by atoms with Crippen LogP contribution in [0.25, 0.3) is 0 Å². The number of aromatic nitrogens is 2. The van der Waals surface area contributed by atoms with E-state index in [-0.39, 0.29) is 46.1 Å². The Morgan fingerprint density at radius 3 is 2.62 bits per heavy atom. The zero-order valence-electron chi connectivity index (χ0n) is 20.3. The van der Waals surface area contributed by atoms with E-state index in [2.05, 4.69) is 25.2 Å². The summed E-state index contributed by atoms with van der Waals surface area (Å²) in [5.74, 6) is -5.93. The first kappa shape index (κ1) is 28.2. The minimum Gasteiger partial charge on any atom is -0.415 e. The Kier molecular flexibility index (Phi) is 7.39. The fourth-order valence-electron chi connectivity index (χ4n) is 4.73. The van der Waals surface area contributed by atoms with E-state index in [4.69, 9.17) is 12.2 Å². The zero-order valence-corrected chi connectivity index (χ0v) is 22.8. The van der Waals surface area contributed by atoms with Crippen LogP contribution in [0.1, 0.15) is 41.8 Å². The second kappa shape index (κ2) is 10.2. The lowest BCUT2D eigenvalue weighted by atomic mass is 9.92. The lowest BCUT2D eigenvalue weighted by Gasteiger charge is -2.30. The number of aryl methyl sites for hydroxylation is 2. The summed E-state index contributed by atoms with van der Waals surface area (Å²) in [6.45, 7) is -3.06. The average molecular weight is 614 g/mol. The van der Waals surface area contributed by atoms with Gasteiger partial charge in [0.15, 0.2) is 0 Å². The molecule has 3 aliphatic carbocycles. The van der Waals surface area contributed by atoms with Gasteiger partial charge in [0.05, 0.1) is 5.69 Å². The Morgan fingerprint density at radius 1 is 1.31 bits per heavy atom. The third kappa shape index (κ3) is 5.90. The Balaban J connectivity index is 1.38. The lowest BCUT2D eigenvalue weighted by Crippen LogP contribution is -2.45. The van der Waals surface area contributed by atoms with Gasteiger partial charge in [0, 0.05) is 36.5 Å². The Morgan fingerprint density at radius 2 is 2.00 bits per heavy atom. The van der Waals surface area contributed by atoms with E-state index in [0.29, 0.717) is 29.0 Å². The van der Waals surface area contributed by atoms with Gasteiger partial charge in [-0.2, -0.15) is 8.78 Å². The van der Waals surface area contributed by atoms with Crippen LogP contribution in [0.4, 0.5) is 27.0 Å². The van der Waals surface area contributed by atoms with Crippen molar-refractivity contribution in [3.8, 4) is 5.88 Å². The highest BCUT2D eigenvalue weighted by Crippen LogP contribution is 2.50. The van der Waals surface area contributed by atoms with Crippen LogP contribution in [0, 0.1) is 5.92 Å². The summed E-state index contributed by atoms with van der Waals surface area (Å²) in [7, 11) is -2.75. The summed E-state index contributed by atoms with van der Waals surface area (Å²) in [6.07, 6.45) is -0.612. The van der Waals surface area contributed by atoms with Gasteiger partial charge in [0.1, 0.15) is 27.0 Å². The summed E-state index contributed by atoms with van der Waals surface area (Å²) in [4.78, 5) is 13.1. The summed E-state index contributed by atoms with van der Waals surface area (Å²) in [6, 6.07) is 0.257. The highest BCUT2D eigenvalue weighted by molar-refractivity contribution is 7.90. The van der Waals surface area contributed by atoms with Crippen LogP contribution in [0.2, 0.25) is 0 Å². The molecule has 0 aliphatic heterocycles. The number of alkyl halides is 5. The predicted octanol–water partition coefficient (Wildman–Crippen LogP) is 3.28. The molecule has 2 saturated carbocycles. The van der Waals surface area contributed by atoms with Crippen molar-refractivity contribution in [2.24, 2.45) is 13.0 Å². The van der Waals surface area contributed by atoms with Gasteiger partial charge in [-0.1, -0.05) is 12.2 Å². The fraction of sp³-hybridized carbons (Fsp3) is 0.591. The zero-order chi connectivity index (χ0) is 28.3. The van der Waals surface area contributed by atoms with Crippen molar-refractivity contribution < 1.29 is 39.9 Å². The van der Waals surface area contributed by atoms with Gasteiger partial charge >= 0.3 is 6.61 Å². The number of carbonyl (C=O) groups excluding carboxylic acids is 1. The highest BCUT2D eigenvalue weighted by Gasteiger charge is 2.61. The molecular formula is C22H24F5N5O4S3. The van der Waals surface area contributed by atoms with Crippen LogP contribution in [0.5, 0.6) is 5.88 Å². The molecule has 0 aromatic carbocycles. The molecule has 39 heavy (non-hydrogen) atoms. The van der Waals surface area contributed by atoms with Crippen LogP contribution >= 0.6 is 23.6 Å². The number of hydrogen-bond donors (Lipinski definition) is 3. The van der Waals surface area contributed by atoms with E-state index in [0.717, 1.165) is 11.3 Å². The van der Waals surface area contributed by atoms with Crippen molar-refractivity contribution in [1.82, 2.24) is 19.8 Å². The van der Waals surface area contributed by atoms with Gasteiger partial charge in [0.25, 0.3) is 5.92 Å². The monoisotopic (exact) mass is 613 g/mol. The van der Waals surface area contributed by atoms with Crippen molar-refractivity contribution in [2.45, 2.75) is 74.2 Å². The minimum absolute atomic E-state index is 0.0158. The topological polar surface area (TPSA) is 114 Å². The third-order valence-corrected chi connectivity index (χ3v) is 10.2. The maximum Gasteiger partial charge on any atom is 0.388 e. The first-order valence-electron chi connectivity index (χ1n) is 12.0. The number of halogens is 5. The standard InChI is InChI=1S/C22H24F5N5O4S3/c1-32-14(7-16(30-32)36-21(24)25)19(37)28-10-2-3-15-12(6-10)17(39(34,35)31-11-4-9(23)5-11)20(38-15)29-18(33)13-8-22(13,26)27/h7,9-11,13,21,31H,2-6,8H2,1H3,(H,28,37)(H,29,33)/t9-,10-,11+,13?/m0/s1. The number of ether oxygens (including phenoxy) is 1. The number of thiophene rings is 1. The summed E-state index contributed by atoms with van der Waals surface area (Å²) in [5, 5.41) is 9.27. The quantitative estimate of drug-likeness (QED) is 0.294. The molecule has 3 N–H and O–H groups in total. The molecule has 9 nitrogen and oxygen atoms in total. The van der Waals surface area contributed by atoms with Gasteiger partial charge in [-0.05, 0) is 37.7 Å². The number of fused-ring (bicyclic) bond motifs is 1. The van der Waals surface area contributed by atoms with E-state index in [1.54, 1.807) is 0 Å². The van der Waals surface area contributed by atoms with Gasteiger partial charge in [-0.25, -0.2) is 26.3 Å². The average Bonchev–Trinajstić information content (AvgIpc) is 3.10. The number of rotatable bonds is 9.